The van der Waals surface area contributed by atoms with Gasteiger partial charge in [-0.15, -0.1) is 0 Å². The van der Waals surface area contributed by atoms with E-state index in [1.807, 2.05) is 4.90 Å². The maximum absolute atomic E-state index is 14.2. The molecule has 2 N–H and O–H groups in total. The highest BCUT2D eigenvalue weighted by atomic mass is 19.1. The van der Waals surface area contributed by atoms with Crippen molar-refractivity contribution in [1.29, 1.82) is 0 Å². The smallest absolute Gasteiger partial charge is 0.247 e. The number of carbonyl (C=O) groups excluding carboxylic acids is 2. The molecule has 1 unspecified atom stereocenters. The predicted molar refractivity (Wildman–Crippen MR) is 107 cm³/mol. The topological polar surface area (TPSA) is 64.7 Å². The van der Waals surface area contributed by atoms with E-state index in [2.05, 4.69) is 10.6 Å². The molecule has 0 aliphatic carbocycles. The van der Waals surface area contributed by atoms with Gasteiger partial charge in [0, 0.05) is 62.1 Å². The molecule has 0 bridgehead atoms. The number of hydrogen-bond acceptors (Lipinski definition) is 4. The third-order valence-corrected chi connectivity index (χ3v) is 5.41. The van der Waals surface area contributed by atoms with Crippen LogP contribution in [0.4, 0.5) is 25.8 Å². The van der Waals surface area contributed by atoms with Crippen LogP contribution < -0.4 is 15.5 Å². The van der Waals surface area contributed by atoms with Crippen molar-refractivity contribution in [2.75, 3.05) is 41.7 Å². The van der Waals surface area contributed by atoms with E-state index in [9.17, 15) is 18.4 Å². The van der Waals surface area contributed by atoms with E-state index >= 15 is 0 Å². The fourth-order valence-corrected chi connectivity index (χ4v) is 3.84. The van der Waals surface area contributed by atoms with Crippen LogP contribution in [-0.2, 0) is 16.0 Å². The van der Waals surface area contributed by atoms with Crippen molar-refractivity contribution in [3.8, 4) is 0 Å². The summed E-state index contributed by atoms with van der Waals surface area (Å²) >= 11 is 0. The summed E-state index contributed by atoms with van der Waals surface area (Å²) in [5, 5.41) is 5.74. The molecule has 0 radical (unpaired) electrons. The molecular formula is C21H22F2N4O2. The molecule has 2 amide bonds. The number of nitrogens with zero attached hydrogens (tertiary/aromatic N) is 2. The maximum atomic E-state index is 14.2. The number of benzene rings is 2. The molecule has 4 rings (SSSR count). The van der Waals surface area contributed by atoms with Gasteiger partial charge in [0.15, 0.2) is 0 Å². The van der Waals surface area contributed by atoms with Gasteiger partial charge in [0.1, 0.15) is 17.7 Å². The highest BCUT2D eigenvalue weighted by Gasteiger charge is 2.29. The molecule has 152 valence electrons. The number of hydrogen-bond donors (Lipinski definition) is 2. The summed E-state index contributed by atoms with van der Waals surface area (Å²) in [7, 11) is 0. The van der Waals surface area contributed by atoms with Gasteiger partial charge in [-0.1, -0.05) is 6.07 Å². The molecule has 2 aliphatic rings. The Kier molecular flexibility index (Phi) is 5.08. The van der Waals surface area contributed by atoms with E-state index in [-0.39, 0.29) is 24.1 Å². The quantitative estimate of drug-likeness (QED) is 0.832. The summed E-state index contributed by atoms with van der Waals surface area (Å²) < 4.78 is 28.1. The first kappa shape index (κ1) is 19.2. The zero-order chi connectivity index (χ0) is 20.5. The van der Waals surface area contributed by atoms with Crippen LogP contribution in [0.25, 0.3) is 0 Å². The third kappa shape index (κ3) is 4.01. The lowest BCUT2D eigenvalue weighted by molar-refractivity contribution is -0.129. The lowest BCUT2D eigenvalue weighted by atomic mass is 10.1. The van der Waals surface area contributed by atoms with Gasteiger partial charge >= 0.3 is 0 Å². The molecule has 8 heteroatoms. The van der Waals surface area contributed by atoms with Crippen molar-refractivity contribution in [2.45, 2.75) is 19.4 Å². The van der Waals surface area contributed by atoms with E-state index < -0.39 is 11.9 Å². The second-order valence-electron chi connectivity index (χ2n) is 7.35. The SMILES string of the molecule is CC(=O)N1CCN(c2cc(F)cc(NC(=O)C3Cc4c(F)cccc4N3)c2)CC1. The largest absolute Gasteiger partial charge is 0.373 e. The highest BCUT2D eigenvalue weighted by molar-refractivity contribution is 5.98. The van der Waals surface area contributed by atoms with Crippen LogP contribution in [0.3, 0.4) is 0 Å². The number of fused-ring (bicyclic) bond motifs is 1. The summed E-state index contributed by atoms with van der Waals surface area (Å²) in [5.74, 6) is -1.12. The van der Waals surface area contributed by atoms with Crippen LogP contribution in [0, 0.1) is 11.6 Å². The zero-order valence-electron chi connectivity index (χ0n) is 16.0. The molecule has 29 heavy (non-hydrogen) atoms. The Bertz CT molecular complexity index is 958. The van der Waals surface area contributed by atoms with E-state index in [1.165, 1.54) is 25.1 Å². The van der Waals surface area contributed by atoms with E-state index in [1.54, 1.807) is 23.1 Å². The van der Waals surface area contributed by atoms with Crippen molar-refractivity contribution < 1.29 is 18.4 Å². The molecule has 0 spiro atoms. The monoisotopic (exact) mass is 400 g/mol. The average molecular weight is 400 g/mol. The lowest BCUT2D eigenvalue weighted by Gasteiger charge is -2.35. The zero-order valence-corrected chi connectivity index (χ0v) is 16.0. The van der Waals surface area contributed by atoms with Crippen LogP contribution in [0.1, 0.15) is 12.5 Å². The highest BCUT2D eigenvalue weighted by Crippen LogP contribution is 2.29. The fraction of sp³-hybridized carbons (Fsp3) is 0.333. The van der Waals surface area contributed by atoms with E-state index in [0.717, 1.165) is 0 Å². The lowest BCUT2D eigenvalue weighted by Crippen LogP contribution is -2.48. The number of piperazine rings is 1. The van der Waals surface area contributed by atoms with Crippen molar-refractivity contribution >= 4 is 28.9 Å². The van der Waals surface area contributed by atoms with Crippen LogP contribution in [0.2, 0.25) is 0 Å². The molecule has 6 nitrogen and oxygen atoms in total. The van der Waals surface area contributed by atoms with Gasteiger partial charge in [0.25, 0.3) is 0 Å². The molecule has 2 heterocycles. The van der Waals surface area contributed by atoms with Gasteiger partial charge in [-0.25, -0.2) is 8.78 Å². The fourth-order valence-electron chi connectivity index (χ4n) is 3.84. The first-order valence-electron chi connectivity index (χ1n) is 9.56. The van der Waals surface area contributed by atoms with Crippen LogP contribution >= 0.6 is 0 Å². The first-order valence-corrected chi connectivity index (χ1v) is 9.56. The van der Waals surface area contributed by atoms with E-state index in [0.29, 0.717) is 48.8 Å². The first-order chi connectivity index (χ1) is 13.9. The Balaban J connectivity index is 1.44. The average Bonchev–Trinajstić information content (AvgIpc) is 3.13. The van der Waals surface area contributed by atoms with Crippen molar-refractivity contribution in [2.24, 2.45) is 0 Å². The standard InChI is InChI=1S/C21H22F2N4O2/c1-13(28)26-5-7-27(8-6-26)16-10-14(22)9-15(11-16)24-21(29)20-12-17-18(23)3-2-4-19(17)25-20/h2-4,9-11,20,25H,5-8,12H2,1H3,(H,24,29). The summed E-state index contributed by atoms with van der Waals surface area (Å²) in [6.07, 6.45) is 0.239. The Morgan fingerprint density at radius 3 is 2.55 bits per heavy atom. The molecule has 1 saturated heterocycles. The third-order valence-electron chi connectivity index (χ3n) is 5.41. The predicted octanol–water partition coefficient (Wildman–Crippen LogP) is 2.61. The van der Waals surface area contributed by atoms with Gasteiger partial charge < -0.3 is 20.4 Å². The molecule has 2 aromatic rings. The number of nitrogens with one attached hydrogen (secondary N) is 2. The number of rotatable bonds is 3. The number of anilines is 3. The van der Waals surface area contributed by atoms with Crippen molar-refractivity contribution in [3.05, 3.63) is 53.6 Å². The number of amides is 2. The van der Waals surface area contributed by atoms with Gasteiger partial charge in [0.2, 0.25) is 11.8 Å². The Hall–Kier alpha value is -3.16. The summed E-state index contributed by atoms with van der Waals surface area (Å²) in [5.41, 5.74) is 2.08. The van der Waals surface area contributed by atoms with Crippen molar-refractivity contribution in [1.82, 2.24) is 4.90 Å². The summed E-state index contributed by atoms with van der Waals surface area (Å²) in [6, 6.07) is 8.46. The van der Waals surface area contributed by atoms with Crippen LogP contribution in [-0.4, -0.2) is 48.9 Å². The molecule has 2 aliphatic heterocycles. The minimum atomic E-state index is -0.618. The summed E-state index contributed by atoms with van der Waals surface area (Å²) in [4.78, 5) is 27.8. The van der Waals surface area contributed by atoms with Gasteiger partial charge in [-0.3, -0.25) is 9.59 Å². The van der Waals surface area contributed by atoms with Gasteiger partial charge in [-0.2, -0.15) is 0 Å². The molecule has 1 atom stereocenters. The van der Waals surface area contributed by atoms with E-state index in [4.69, 9.17) is 0 Å². The van der Waals surface area contributed by atoms with Gasteiger partial charge in [-0.05, 0) is 30.3 Å². The second kappa shape index (κ2) is 7.69. The molecule has 1 fully saturated rings. The Labute approximate surface area is 167 Å². The molecule has 2 aromatic carbocycles. The minimum Gasteiger partial charge on any atom is -0.373 e. The Morgan fingerprint density at radius 2 is 1.86 bits per heavy atom. The van der Waals surface area contributed by atoms with Crippen LogP contribution in [0.5, 0.6) is 0 Å². The van der Waals surface area contributed by atoms with Crippen molar-refractivity contribution in [3.63, 3.8) is 0 Å². The Morgan fingerprint density at radius 1 is 1.10 bits per heavy atom. The second-order valence-corrected chi connectivity index (χ2v) is 7.35. The van der Waals surface area contributed by atoms with Crippen LogP contribution in [0.15, 0.2) is 36.4 Å². The number of carbonyl (C=O) groups is 2. The molecule has 0 saturated carbocycles. The summed E-state index contributed by atoms with van der Waals surface area (Å²) in [6.45, 7) is 3.86. The van der Waals surface area contributed by atoms with Gasteiger partial charge in [0.05, 0.1) is 0 Å². The normalized spacial score (nSPS) is 18.2. The minimum absolute atomic E-state index is 0.0262. The maximum Gasteiger partial charge on any atom is 0.247 e. The number of halogens is 2. The molecular weight excluding hydrogens is 378 g/mol. The molecule has 0 aromatic heterocycles.